The molecule has 0 aliphatic carbocycles. The molecule has 0 unspecified atom stereocenters. The molecule has 0 bridgehead atoms. The first-order valence-electron chi connectivity index (χ1n) is 6.83. The van der Waals surface area contributed by atoms with Gasteiger partial charge < -0.3 is 10.7 Å². The van der Waals surface area contributed by atoms with E-state index < -0.39 is 10.0 Å². The van der Waals surface area contributed by atoms with Crippen molar-refractivity contribution in [3.8, 4) is 0 Å². The Morgan fingerprint density at radius 1 is 1.24 bits per heavy atom. The summed E-state index contributed by atoms with van der Waals surface area (Å²) in [5, 5.41) is 0. The van der Waals surface area contributed by atoms with Crippen molar-refractivity contribution in [2.45, 2.75) is 25.1 Å². The van der Waals surface area contributed by atoms with Crippen LogP contribution in [0.4, 0.5) is 0 Å². The van der Waals surface area contributed by atoms with Crippen molar-refractivity contribution in [3.63, 3.8) is 0 Å². The molecule has 6 nitrogen and oxygen atoms in total. The van der Waals surface area contributed by atoms with Crippen LogP contribution >= 0.6 is 0 Å². The van der Waals surface area contributed by atoms with Crippen LogP contribution in [0.25, 0.3) is 0 Å². The van der Waals surface area contributed by atoms with E-state index in [1.165, 1.54) is 0 Å². The third kappa shape index (κ3) is 4.96. The molecule has 4 N–H and O–H groups in total. The Kier molecular flexibility index (Phi) is 5.49. The molecule has 0 amide bonds. The summed E-state index contributed by atoms with van der Waals surface area (Å²) < 4.78 is 26.7. The number of aryl methyl sites for hydroxylation is 1. The predicted octanol–water partition coefficient (Wildman–Crippen LogP) is 0.921. The number of hydrogen-bond donors (Lipinski definition) is 3. The molecule has 0 saturated carbocycles. The van der Waals surface area contributed by atoms with E-state index in [4.69, 9.17) is 5.73 Å². The zero-order valence-corrected chi connectivity index (χ0v) is 12.6. The average molecular weight is 308 g/mol. The number of H-pyrrole nitrogens is 1. The lowest BCUT2D eigenvalue weighted by Gasteiger charge is -2.09. The van der Waals surface area contributed by atoms with E-state index >= 15 is 0 Å². The van der Waals surface area contributed by atoms with Crippen LogP contribution in [-0.4, -0.2) is 24.9 Å². The number of aromatic amines is 1. The van der Waals surface area contributed by atoms with Gasteiger partial charge in [0.05, 0.1) is 5.75 Å². The fraction of sp³-hybridized carbons (Fsp3) is 0.357. The summed E-state index contributed by atoms with van der Waals surface area (Å²) in [5.74, 6) is 0.823. The number of sulfonamides is 1. The second kappa shape index (κ2) is 7.35. The minimum atomic E-state index is -3.34. The lowest BCUT2D eigenvalue weighted by molar-refractivity contribution is 0.577. The topological polar surface area (TPSA) is 101 Å². The average Bonchev–Trinajstić information content (AvgIpc) is 2.97. The molecule has 0 spiro atoms. The van der Waals surface area contributed by atoms with Gasteiger partial charge in [-0.2, -0.15) is 0 Å². The predicted molar refractivity (Wildman–Crippen MR) is 81.9 cm³/mol. The van der Waals surface area contributed by atoms with Gasteiger partial charge in [-0.25, -0.2) is 18.1 Å². The number of hydrogen-bond acceptors (Lipinski definition) is 4. The van der Waals surface area contributed by atoms with Gasteiger partial charge in [0.2, 0.25) is 10.0 Å². The van der Waals surface area contributed by atoms with E-state index in [1.807, 2.05) is 18.2 Å². The number of nitrogens with two attached hydrogens (primary N) is 1. The number of rotatable bonds is 8. The fourth-order valence-electron chi connectivity index (χ4n) is 2.07. The molecular weight excluding hydrogens is 288 g/mol. The van der Waals surface area contributed by atoms with Gasteiger partial charge in [0.25, 0.3) is 0 Å². The Balaban J connectivity index is 1.84. The van der Waals surface area contributed by atoms with Gasteiger partial charge >= 0.3 is 0 Å². The largest absolute Gasteiger partial charge is 0.349 e. The van der Waals surface area contributed by atoms with Crippen molar-refractivity contribution in [1.82, 2.24) is 14.7 Å². The van der Waals surface area contributed by atoms with Crippen molar-refractivity contribution < 1.29 is 8.42 Å². The Morgan fingerprint density at radius 2 is 2.00 bits per heavy atom. The van der Waals surface area contributed by atoms with E-state index in [2.05, 4.69) is 14.7 Å². The Morgan fingerprint density at radius 3 is 2.67 bits per heavy atom. The number of benzene rings is 1. The van der Waals surface area contributed by atoms with Crippen LogP contribution in [0.15, 0.2) is 36.7 Å². The van der Waals surface area contributed by atoms with Gasteiger partial charge in [-0.1, -0.05) is 24.3 Å². The Bertz CT molecular complexity index is 653. The van der Waals surface area contributed by atoms with Gasteiger partial charge in [-0.3, -0.25) is 0 Å². The molecular formula is C14H20N4O2S. The van der Waals surface area contributed by atoms with Crippen molar-refractivity contribution in [1.29, 1.82) is 0 Å². The SMILES string of the molecule is NCc1ccccc1CS(=O)(=O)NCCCc1ncc[nH]1. The molecule has 0 aliphatic rings. The van der Waals surface area contributed by atoms with Crippen molar-refractivity contribution in [2.75, 3.05) is 6.54 Å². The standard InChI is InChI=1S/C14H20N4O2S/c15-10-12-4-1-2-5-13(12)11-21(19,20)18-7-3-6-14-16-8-9-17-14/h1-2,4-5,8-9,18H,3,6-7,10-11,15H2,(H,16,17). The highest BCUT2D eigenvalue weighted by Gasteiger charge is 2.13. The lowest BCUT2D eigenvalue weighted by Crippen LogP contribution is -2.27. The van der Waals surface area contributed by atoms with Gasteiger partial charge in [0.15, 0.2) is 0 Å². The Hall–Kier alpha value is -1.70. The van der Waals surface area contributed by atoms with Crippen LogP contribution in [0.3, 0.4) is 0 Å². The quantitative estimate of drug-likeness (QED) is 0.631. The van der Waals surface area contributed by atoms with Crippen molar-refractivity contribution >= 4 is 10.0 Å². The van der Waals surface area contributed by atoms with Gasteiger partial charge in [0, 0.05) is 31.9 Å². The van der Waals surface area contributed by atoms with Gasteiger partial charge in [-0.05, 0) is 17.5 Å². The fourth-order valence-corrected chi connectivity index (χ4v) is 3.32. The maximum absolute atomic E-state index is 12.1. The van der Waals surface area contributed by atoms with Crippen LogP contribution in [0, 0.1) is 0 Å². The summed E-state index contributed by atoms with van der Waals surface area (Å²) in [5.41, 5.74) is 7.23. The van der Waals surface area contributed by atoms with Crippen LogP contribution < -0.4 is 10.5 Å². The third-order valence-electron chi connectivity index (χ3n) is 3.15. The monoisotopic (exact) mass is 308 g/mol. The summed E-state index contributed by atoms with van der Waals surface area (Å²) in [4.78, 5) is 7.08. The number of aromatic nitrogens is 2. The second-order valence-electron chi connectivity index (χ2n) is 4.77. The highest BCUT2D eigenvalue weighted by atomic mass is 32.2. The summed E-state index contributed by atoms with van der Waals surface area (Å²) in [6.07, 6.45) is 4.85. The molecule has 0 aliphatic heterocycles. The molecule has 0 saturated heterocycles. The number of nitrogens with zero attached hydrogens (tertiary/aromatic N) is 1. The van der Waals surface area contributed by atoms with Crippen LogP contribution in [0.1, 0.15) is 23.4 Å². The normalized spacial score (nSPS) is 11.7. The zero-order valence-electron chi connectivity index (χ0n) is 11.7. The molecule has 114 valence electrons. The van der Waals surface area contributed by atoms with Crippen LogP contribution in [0.2, 0.25) is 0 Å². The van der Waals surface area contributed by atoms with Gasteiger partial charge in [-0.15, -0.1) is 0 Å². The molecule has 1 aromatic heterocycles. The van der Waals surface area contributed by atoms with E-state index in [9.17, 15) is 8.42 Å². The van der Waals surface area contributed by atoms with Crippen LogP contribution in [0.5, 0.6) is 0 Å². The summed E-state index contributed by atoms with van der Waals surface area (Å²) >= 11 is 0. The van der Waals surface area contributed by atoms with E-state index in [1.54, 1.807) is 18.5 Å². The van der Waals surface area contributed by atoms with Gasteiger partial charge in [0.1, 0.15) is 5.82 Å². The molecule has 2 aromatic rings. The molecule has 1 aromatic carbocycles. The first-order valence-corrected chi connectivity index (χ1v) is 8.48. The smallest absolute Gasteiger partial charge is 0.215 e. The highest BCUT2D eigenvalue weighted by molar-refractivity contribution is 7.88. The second-order valence-corrected chi connectivity index (χ2v) is 6.57. The maximum atomic E-state index is 12.1. The molecule has 2 rings (SSSR count). The summed E-state index contributed by atoms with van der Waals surface area (Å²) in [6.45, 7) is 0.734. The minimum Gasteiger partial charge on any atom is -0.349 e. The number of imidazole rings is 1. The van der Waals surface area contributed by atoms with E-state index in [0.29, 0.717) is 19.5 Å². The zero-order chi connectivity index (χ0) is 15.1. The third-order valence-corrected chi connectivity index (χ3v) is 4.49. The molecule has 1 heterocycles. The van der Waals surface area contributed by atoms with E-state index in [-0.39, 0.29) is 5.75 Å². The van der Waals surface area contributed by atoms with Crippen LogP contribution in [-0.2, 0) is 28.7 Å². The summed E-state index contributed by atoms with van der Waals surface area (Å²) in [6, 6.07) is 7.32. The summed E-state index contributed by atoms with van der Waals surface area (Å²) in [7, 11) is -3.34. The first-order chi connectivity index (χ1) is 10.1. The molecule has 7 heteroatoms. The highest BCUT2D eigenvalue weighted by Crippen LogP contribution is 2.11. The van der Waals surface area contributed by atoms with E-state index in [0.717, 1.165) is 23.4 Å². The van der Waals surface area contributed by atoms with Crippen molar-refractivity contribution in [3.05, 3.63) is 53.6 Å². The van der Waals surface area contributed by atoms with Crippen molar-refractivity contribution in [2.24, 2.45) is 5.73 Å². The molecule has 0 fully saturated rings. The minimum absolute atomic E-state index is 0.0406. The first kappa shape index (κ1) is 15.7. The maximum Gasteiger partial charge on any atom is 0.215 e. The number of nitrogens with one attached hydrogen (secondary N) is 2. The molecule has 0 radical (unpaired) electrons. The Labute approximate surface area is 124 Å². The molecule has 0 atom stereocenters. The molecule has 21 heavy (non-hydrogen) atoms. The lowest BCUT2D eigenvalue weighted by atomic mass is 10.1.